The van der Waals surface area contributed by atoms with Gasteiger partial charge in [0, 0.05) is 29.0 Å². The van der Waals surface area contributed by atoms with Gasteiger partial charge in [0.25, 0.3) is 5.91 Å². The SMILES string of the molecule is O=C(c1cc(Br)ccc1O)C1CCN(C(=O)c2ccccc2)CC1. The summed E-state index contributed by atoms with van der Waals surface area (Å²) in [6.07, 6.45) is 1.23. The first-order valence-corrected chi connectivity index (χ1v) is 8.72. The molecule has 0 aliphatic carbocycles. The second-order valence-corrected chi connectivity index (χ2v) is 6.87. The maximum absolute atomic E-state index is 12.6. The number of rotatable bonds is 3. The molecule has 1 N–H and O–H groups in total. The van der Waals surface area contributed by atoms with Crippen LogP contribution >= 0.6 is 15.9 Å². The number of phenols is 1. The molecule has 124 valence electrons. The Morgan fingerprint density at radius 3 is 2.38 bits per heavy atom. The van der Waals surface area contributed by atoms with Crippen LogP contribution < -0.4 is 0 Å². The number of halogens is 1. The number of benzene rings is 2. The average molecular weight is 388 g/mol. The molecule has 5 heteroatoms. The molecule has 0 unspecified atom stereocenters. The zero-order chi connectivity index (χ0) is 17.1. The summed E-state index contributed by atoms with van der Waals surface area (Å²) < 4.78 is 0.764. The number of hydrogen-bond acceptors (Lipinski definition) is 3. The lowest BCUT2D eigenvalue weighted by atomic mass is 9.88. The molecule has 2 aromatic carbocycles. The number of nitrogens with zero attached hydrogens (tertiary/aromatic N) is 1. The van der Waals surface area contributed by atoms with Crippen molar-refractivity contribution >= 4 is 27.6 Å². The Hall–Kier alpha value is -2.14. The second kappa shape index (κ2) is 7.18. The molecule has 24 heavy (non-hydrogen) atoms. The normalized spacial score (nSPS) is 15.3. The highest BCUT2D eigenvalue weighted by Gasteiger charge is 2.29. The van der Waals surface area contributed by atoms with Crippen LogP contribution in [0, 0.1) is 5.92 Å². The zero-order valence-corrected chi connectivity index (χ0v) is 14.7. The van der Waals surface area contributed by atoms with Gasteiger partial charge in [-0.3, -0.25) is 9.59 Å². The Kier molecular flexibility index (Phi) is 5.00. The van der Waals surface area contributed by atoms with Gasteiger partial charge in [-0.1, -0.05) is 34.1 Å². The average Bonchev–Trinajstić information content (AvgIpc) is 2.63. The van der Waals surface area contributed by atoms with E-state index in [1.54, 1.807) is 29.2 Å². The van der Waals surface area contributed by atoms with Crippen LogP contribution in [0.4, 0.5) is 0 Å². The molecule has 1 saturated heterocycles. The standard InChI is InChI=1S/C19H18BrNO3/c20-15-6-7-17(22)16(12-15)18(23)13-8-10-21(11-9-13)19(24)14-4-2-1-3-5-14/h1-7,12-13,22H,8-11H2. The fourth-order valence-electron chi connectivity index (χ4n) is 3.03. The van der Waals surface area contributed by atoms with Crippen molar-refractivity contribution in [3.63, 3.8) is 0 Å². The van der Waals surface area contributed by atoms with Gasteiger partial charge in [-0.2, -0.15) is 0 Å². The molecular weight excluding hydrogens is 370 g/mol. The molecule has 0 saturated carbocycles. The maximum Gasteiger partial charge on any atom is 0.253 e. The summed E-state index contributed by atoms with van der Waals surface area (Å²) in [6.45, 7) is 1.11. The van der Waals surface area contributed by atoms with Crippen molar-refractivity contribution in [2.45, 2.75) is 12.8 Å². The molecule has 1 amide bonds. The topological polar surface area (TPSA) is 57.6 Å². The van der Waals surface area contributed by atoms with Crippen LogP contribution in [0.3, 0.4) is 0 Å². The Labute approximate surface area is 149 Å². The minimum Gasteiger partial charge on any atom is -0.507 e. The highest BCUT2D eigenvalue weighted by molar-refractivity contribution is 9.10. The van der Waals surface area contributed by atoms with E-state index in [9.17, 15) is 14.7 Å². The highest BCUT2D eigenvalue weighted by atomic mass is 79.9. The predicted octanol–water partition coefficient (Wildman–Crippen LogP) is 3.89. The molecule has 4 nitrogen and oxygen atoms in total. The van der Waals surface area contributed by atoms with Gasteiger partial charge in [-0.25, -0.2) is 0 Å². The van der Waals surface area contributed by atoms with Crippen LogP contribution in [0.2, 0.25) is 0 Å². The Balaban J connectivity index is 1.66. The van der Waals surface area contributed by atoms with Crippen LogP contribution in [0.5, 0.6) is 5.75 Å². The number of ketones is 1. The number of Topliss-reactive ketones (excluding diaryl/α,β-unsaturated/α-hetero) is 1. The molecule has 1 aliphatic rings. The zero-order valence-electron chi connectivity index (χ0n) is 13.1. The van der Waals surface area contributed by atoms with Crippen molar-refractivity contribution in [3.05, 3.63) is 64.1 Å². The third-order valence-electron chi connectivity index (χ3n) is 4.40. The quantitative estimate of drug-likeness (QED) is 0.812. The van der Waals surface area contributed by atoms with Crippen LogP contribution in [-0.2, 0) is 0 Å². The summed E-state index contributed by atoms with van der Waals surface area (Å²) in [5.41, 5.74) is 1.02. The van der Waals surface area contributed by atoms with Gasteiger partial charge >= 0.3 is 0 Å². The third kappa shape index (κ3) is 3.51. The Morgan fingerprint density at radius 1 is 1.04 bits per heavy atom. The fourth-order valence-corrected chi connectivity index (χ4v) is 3.39. The lowest BCUT2D eigenvalue weighted by Crippen LogP contribution is -2.40. The van der Waals surface area contributed by atoms with E-state index in [4.69, 9.17) is 0 Å². The van der Waals surface area contributed by atoms with Gasteiger partial charge in [-0.05, 0) is 43.2 Å². The van der Waals surface area contributed by atoms with E-state index < -0.39 is 0 Å². The minimum atomic E-state index is -0.162. The number of phenolic OH excluding ortho intramolecular Hbond substituents is 1. The van der Waals surface area contributed by atoms with Gasteiger partial charge in [0.05, 0.1) is 5.56 Å². The minimum absolute atomic E-state index is 0.00555. The number of carbonyl (C=O) groups excluding carboxylic acids is 2. The molecular formula is C19H18BrNO3. The Morgan fingerprint density at radius 2 is 1.71 bits per heavy atom. The third-order valence-corrected chi connectivity index (χ3v) is 4.89. The van der Waals surface area contributed by atoms with Gasteiger partial charge < -0.3 is 10.0 Å². The van der Waals surface area contributed by atoms with Crippen molar-refractivity contribution in [2.75, 3.05) is 13.1 Å². The van der Waals surface area contributed by atoms with E-state index in [0.29, 0.717) is 37.1 Å². The van der Waals surface area contributed by atoms with Gasteiger partial charge in [0.1, 0.15) is 5.75 Å². The molecule has 0 spiro atoms. The molecule has 0 bridgehead atoms. The van der Waals surface area contributed by atoms with Gasteiger partial charge in [0.15, 0.2) is 5.78 Å². The van der Waals surface area contributed by atoms with E-state index in [2.05, 4.69) is 15.9 Å². The molecule has 1 heterocycles. The first-order valence-electron chi connectivity index (χ1n) is 7.93. The molecule has 0 atom stereocenters. The number of hydrogen-bond donors (Lipinski definition) is 1. The molecule has 0 radical (unpaired) electrons. The van der Waals surface area contributed by atoms with Crippen LogP contribution in [0.25, 0.3) is 0 Å². The first-order chi connectivity index (χ1) is 11.6. The summed E-state index contributed by atoms with van der Waals surface area (Å²) in [7, 11) is 0. The second-order valence-electron chi connectivity index (χ2n) is 5.96. The molecule has 1 aliphatic heterocycles. The maximum atomic E-state index is 12.6. The highest BCUT2D eigenvalue weighted by Crippen LogP contribution is 2.29. The fraction of sp³-hybridized carbons (Fsp3) is 0.263. The van der Waals surface area contributed by atoms with E-state index in [1.807, 2.05) is 18.2 Å². The molecule has 2 aromatic rings. The van der Waals surface area contributed by atoms with Crippen molar-refractivity contribution in [1.29, 1.82) is 0 Å². The lowest BCUT2D eigenvalue weighted by Gasteiger charge is -2.31. The number of amides is 1. The summed E-state index contributed by atoms with van der Waals surface area (Å²) >= 11 is 3.33. The van der Waals surface area contributed by atoms with Gasteiger partial charge in [-0.15, -0.1) is 0 Å². The molecule has 0 aromatic heterocycles. The smallest absolute Gasteiger partial charge is 0.253 e. The van der Waals surface area contributed by atoms with Crippen LogP contribution in [0.1, 0.15) is 33.6 Å². The largest absolute Gasteiger partial charge is 0.507 e. The van der Waals surface area contributed by atoms with E-state index in [0.717, 1.165) is 4.47 Å². The van der Waals surface area contributed by atoms with Gasteiger partial charge in [0.2, 0.25) is 0 Å². The molecule has 1 fully saturated rings. The lowest BCUT2D eigenvalue weighted by molar-refractivity contribution is 0.0649. The predicted molar refractivity (Wildman–Crippen MR) is 95.2 cm³/mol. The van der Waals surface area contributed by atoms with Crippen LogP contribution in [-0.4, -0.2) is 34.8 Å². The van der Waals surface area contributed by atoms with Crippen molar-refractivity contribution in [1.82, 2.24) is 4.90 Å². The summed E-state index contributed by atoms with van der Waals surface area (Å²) in [5.74, 6) is -0.205. The number of piperidine rings is 1. The van der Waals surface area contributed by atoms with Crippen molar-refractivity contribution < 1.29 is 14.7 Å². The monoisotopic (exact) mass is 387 g/mol. The number of carbonyl (C=O) groups is 2. The van der Waals surface area contributed by atoms with Crippen molar-refractivity contribution in [2.24, 2.45) is 5.92 Å². The molecule has 3 rings (SSSR count). The van der Waals surface area contributed by atoms with E-state index in [-0.39, 0.29) is 23.4 Å². The summed E-state index contributed by atoms with van der Waals surface area (Å²) in [6, 6.07) is 14.1. The van der Waals surface area contributed by atoms with E-state index in [1.165, 1.54) is 6.07 Å². The van der Waals surface area contributed by atoms with Crippen molar-refractivity contribution in [3.8, 4) is 5.75 Å². The number of likely N-dealkylation sites (tertiary alicyclic amines) is 1. The first kappa shape index (κ1) is 16.7. The Bertz CT molecular complexity index is 752. The van der Waals surface area contributed by atoms with E-state index >= 15 is 0 Å². The van der Waals surface area contributed by atoms with Crippen LogP contribution in [0.15, 0.2) is 53.0 Å². The summed E-state index contributed by atoms with van der Waals surface area (Å²) in [4.78, 5) is 26.9. The number of aromatic hydroxyl groups is 1. The summed E-state index contributed by atoms with van der Waals surface area (Å²) in [5, 5.41) is 9.92.